The topological polar surface area (TPSA) is 49.7 Å². The van der Waals surface area contributed by atoms with E-state index in [9.17, 15) is 5.11 Å². The zero-order valence-corrected chi connectivity index (χ0v) is 8.35. The Balaban J connectivity index is 1.96. The lowest BCUT2D eigenvalue weighted by Crippen LogP contribution is -2.24. The van der Waals surface area contributed by atoms with E-state index in [4.69, 9.17) is 9.84 Å². The van der Waals surface area contributed by atoms with Crippen molar-refractivity contribution in [2.24, 2.45) is 0 Å². The highest BCUT2D eigenvalue weighted by molar-refractivity contribution is 5.13. The number of aliphatic hydroxyl groups excluding tert-OH is 2. The van der Waals surface area contributed by atoms with E-state index in [-0.39, 0.29) is 18.8 Å². The maximum Gasteiger partial charge on any atom is 0.107 e. The van der Waals surface area contributed by atoms with Crippen LogP contribution in [0.15, 0.2) is 11.6 Å². The van der Waals surface area contributed by atoms with Gasteiger partial charge in [0, 0.05) is 6.42 Å². The zero-order valence-electron chi connectivity index (χ0n) is 8.35. The van der Waals surface area contributed by atoms with Gasteiger partial charge in [0.1, 0.15) is 6.10 Å². The second-order valence-electron chi connectivity index (χ2n) is 4.17. The van der Waals surface area contributed by atoms with E-state index in [1.807, 2.05) is 0 Å². The van der Waals surface area contributed by atoms with Gasteiger partial charge in [-0.3, -0.25) is 0 Å². The third kappa shape index (κ3) is 2.00. The molecule has 3 heteroatoms. The lowest BCUT2D eigenvalue weighted by molar-refractivity contribution is -0.0140. The number of rotatable bonds is 2. The summed E-state index contributed by atoms with van der Waals surface area (Å²) in [5, 5.41) is 18.5. The van der Waals surface area contributed by atoms with Crippen LogP contribution in [0.1, 0.15) is 32.1 Å². The highest BCUT2D eigenvalue weighted by atomic mass is 16.5. The third-order valence-corrected chi connectivity index (χ3v) is 3.14. The van der Waals surface area contributed by atoms with Gasteiger partial charge in [-0.1, -0.05) is 6.08 Å². The third-order valence-electron chi connectivity index (χ3n) is 3.14. The number of allylic oxidation sites excluding steroid dienone is 1. The van der Waals surface area contributed by atoms with E-state index in [1.54, 1.807) is 0 Å². The van der Waals surface area contributed by atoms with Crippen LogP contribution < -0.4 is 0 Å². The molecule has 2 rings (SSSR count). The zero-order chi connectivity index (χ0) is 9.97. The molecule has 3 nitrogen and oxygen atoms in total. The molecule has 0 amide bonds. The van der Waals surface area contributed by atoms with Crippen LogP contribution in [0.4, 0.5) is 0 Å². The fraction of sp³-hybridized carbons (Fsp3) is 0.818. The number of hydrogen-bond donors (Lipinski definition) is 2. The lowest BCUT2D eigenvalue weighted by Gasteiger charge is -2.18. The van der Waals surface area contributed by atoms with Crippen LogP contribution in [0.25, 0.3) is 0 Å². The maximum atomic E-state index is 9.58. The molecule has 1 aliphatic carbocycles. The molecule has 80 valence electrons. The van der Waals surface area contributed by atoms with Crippen LogP contribution >= 0.6 is 0 Å². The van der Waals surface area contributed by atoms with Gasteiger partial charge >= 0.3 is 0 Å². The predicted octanol–water partition coefficient (Wildman–Crippen LogP) is 0.998. The van der Waals surface area contributed by atoms with Crippen LogP contribution in [0.2, 0.25) is 0 Å². The molecule has 1 aliphatic heterocycles. The van der Waals surface area contributed by atoms with Gasteiger partial charge < -0.3 is 14.9 Å². The largest absolute Gasteiger partial charge is 0.394 e. The molecule has 1 fully saturated rings. The van der Waals surface area contributed by atoms with Gasteiger partial charge in [0.15, 0.2) is 0 Å². The van der Waals surface area contributed by atoms with Gasteiger partial charge in [-0.05, 0) is 31.3 Å². The monoisotopic (exact) mass is 198 g/mol. The minimum absolute atomic E-state index is 0.0578. The van der Waals surface area contributed by atoms with Crippen LogP contribution in [-0.4, -0.2) is 35.1 Å². The number of aliphatic hydroxyl groups is 2. The SMILES string of the molecule is OC[C@H]1OC(C2=CCCCC2)CC1O. The Kier molecular flexibility index (Phi) is 3.21. The van der Waals surface area contributed by atoms with E-state index in [0.717, 1.165) is 12.8 Å². The molecule has 1 saturated heterocycles. The van der Waals surface area contributed by atoms with Gasteiger partial charge in [0.05, 0.1) is 18.8 Å². The highest BCUT2D eigenvalue weighted by Gasteiger charge is 2.35. The summed E-state index contributed by atoms with van der Waals surface area (Å²) in [6.45, 7) is -0.0784. The molecule has 2 unspecified atom stereocenters. The minimum atomic E-state index is -0.493. The first-order valence-electron chi connectivity index (χ1n) is 5.44. The number of ether oxygens (including phenoxy) is 1. The Morgan fingerprint density at radius 1 is 1.43 bits per heavy atom. The lowest BCUT2D eigenvalue weighted by atomic mass is 9.93. The molecule has 1 heterocycles. The average molecular weight is 198 g/mol. The summed E-state index contributed by atoms with van der Waals surface area (Å²) in [5.74, 6) is 0. The molecule has 14 heavy (non-hydrogen) atoms. The highest BCUT2D eigenvalue weighted by Crippen LogP contribution is 2.30. The Hall–Kier alpha value is -0.380. The molecule has 2 N–H and O–H groups in total. The van der Waals surface area contributed by atoms with Gasteiger partial charge in [-0.15, -0.1) is 0 Å². The molecule has 0 spiro atoms. The average Bonchev–Trinajstić information content (AvgIpc) is 2.61. The van der Waals surface area contributed by atoms with E-state index in [2.05, 4.69) is 6.08 Å². The first-order valence-corrected chi connectivity index (χ1v) is 5.44. The summed E-state index contributed by atoms with van der Waals surface area (Å²) in [6, 6.07) is 0. The molecular formula is C11H18O3. The summed E-state index contributed by atoms with van der Waals surface area (Å²) in [5.41, 5.74) is 1.33. The van der Waals surface area contributed by atoms with Crippen molar-refractivity contribution in [3.63, 3.8) is 0 Å². The van der Waals surface area contributed by atoms with Crippen molar-refractivity contribution in [3.8, 4) is 0 Å². The predicted molar refractivity (Wildman–Crippen MR) is 52.9 cm³/mol. The van der Waals surface area contributed by atoms with E-state index < -0.39 is 6.10 Å². The van der Waals surface area contributed by atoms with Crippen molar-refractivity contribution in [3.05, 3.63) is 11.6 Å². The summed E-state index contributed by atoms with van der Waals surface area (Å²) < 4.78 is 5.59. The molecular weight excluding hydrogens is 180 g/mol. The van der Waals surface area contributed by atoms with Crippen molar-refractivity contribution in [1.82, 2.24) is 0 Å². The first kappa shape index (κ1) is 10.1. The summed E-state index contributed by atoms with van der Waals surface area (Å²) in [4.78, 5) is 0. The Bertz CT molecular complexity index is 225. The van der Waals surface area contributed by atoms with Crippen molar-refractivity contribution >= 4 is 0 Å². The van der Waals surface area contributed by atoms with E-state index >= 15 is 0 Å². The number of hydrogen-bond acceptors (Lipinski definition) is 3. The smallest absolute Gasteiger partial charge is 0.107 e. The first-order chi connectivity index (χ1) is 6.81. The molecule has 0 aromatic heterocycles. The second kappa shape index (κ2) is 4.43. The second-order valence-corrected chi connectivity index (χ2v) is 4.17. The Labute approximate surface area is 84.4 Å². The molecule has 0 bridgehead atoms. The van der Waals surface area contributed by atoms with Crippen LogP contribution in [0.5, 0.6) is 0 Å². The van der Waals surface area contributed by atoms with Crippen LogP contribution in [0, 0.1) is 0 Å². The Morgan fingerprint density at radius 3 is 2.86 bits per heavy atom. The molecule has 2 aliphatic rings. The van der Waals surface area contributed by atoms with E-state index in [0.29, 0.717) is 6.42 Å². The molecule has 0 saturated carbocycles. The van der Waals surface area contributed by atoms with Crippen LogP contribution in [-0.2, 0) is 4.74 Å². The van der Waals surface area contributed by atoms with Crippen molar-refractivity contribution in [2.45, 2.75) is 50.4 Å². The fourth-order valence-electron chi connectivity index (χ4n) is 2.29. The summed E-state index contributed by atoms with van der Waals surface area (Å²) in [7, 11) is 0. The van der Waals surface area contributed by atoms with Crippen molar-refractivity contribution in [1.29, 1.82) is 0 Å². The summed E-state index contributed by atoms with van der Waals surface area (Å²) >= 11 is 0. The molecule has 0 radical (unpaired) electrons. The van der Waals surface area contributed by atoms with Gasteiger partial charge in [0.25, 0.3) is 0 Å². The fourth-order valence-corrected chi connectivity index (χ4v) is 2.29. The normalized spacial score (nSPS) is 38.4. The molecule has 0 aromatic carbocycles. The molecule has 3 atom stereocenters. The standard InChI is InChI=1S/C11H18O3/c12-7-11-9(13)6-10(14-11)8-4-2-1-3-5-8/h4,9-13H,1-3,5-7H2/t9?,10?,11-/m1/s1. The molecule has 0 aromatic rings. The quantitative estimate of drug-likeness (QED) is 0.651. The van der Waals surface area contributed by atoms with Gasteiger partial charge in [-0.2, -0.15) is 0 Å². The van der Waals surface area contributed by atoms with E-state index in [1.165, 1.54) is 18.4 Å². The van der Waals surface area contributed by atoms with Gasteiger partial charge in [-0.25, -0.2) is 0 Å². The van der Waals surface area contributed by atoms with Crippen molar-refractivity contribution < 1.29 is 14.9 Å². The maximum absolute atomic E-state index is 9.58. The summed E-state index contributed by atoms with van der Waals surface area (Å²) in [6.07, 6.45) is 6.80. The minimum Gasteiger partial charge on any atom is -0.394 e. The van der Waals surface area contributed by atoms with Crippen molar-refractivity contribution in [2.75, 3.05) is 6.61 Å². The van der Waals surface area contributed by atoms with Crippen LogP contribution in [0.3, 0.4) is 0 Å². The van der Waals surface area contributed by atoms with Gasteiger partial charge in [0.2, 0.25) is 0 Å². The Morgan fingerprint density at radius 2 is 2.29 bits per heavy atom.